The molecule has 1 aromatic heterocycles. The van der Waals surface area contributed by atoms with Crippen LogP contribution < -0.4 is 20.7 Å². The molecular weight excluding hydrogens is 364 g/mol. The highest BCUT2D eigenvalue weighted by Gasteiger charge is 2.14. The van der Waals surface area contributed by atoms with Crippen LogP contribution >= 0.6 is 11.3 Å². The number of methoxy groups -OCH3 is 1. The van der Waals surface area contributed by atoms with E-state index in [-0.39, 0.29) is 17.5 Å². The van der Waals surface area contributed by atoms with Crippen LogP contribution in [-0.4, -0.2) is 23.9 Å². The number of nitrogens with zero attached hydrogens (tertiary/aromatic N) is 1. The number of amides is 2. The lowest BCUT2D eigenvalue weighted by molar-refractivity contribution is -0.114. The second kappa shape index (κ2) is 8.33. The lowest BCUT2D eigenvalue weighted by atomic mass is 10.2. The summed E-state index contributed by atoms with van der Waals surface area (Å²) < 4.78 is 5.27. The number of nitrogens with one attached hydrogen (secondary N) is 3. The molecule has 1 heterocycles. The molecule has 138 valence electrons. The van der Waals surface area contributed by atoms with Gasteiger partial charge in [0.1, 0.15) is 11.4 Å². The molecule has 8 heteroatoms. The number of hydrogen-bond acceptors (Lipinski definition) is 6. The quantitative estimate of drug-likeness (QED) is 0.597. The van der Waals surface area contributed by atoms with Gasteiger partial charge >= 0.3 is 0 Å². The highest BCUT2D eigenvalue weighted by Crippen LogP contribution is 2.29. The minimum atomic E-state index is -0.370. The topological polar surface area (TPSA) is 92.4 Å². The van der Waals surface area contributed by atoms with Gasteiger partial charge in [-0.2, -0.15) is 0 Å². The molecule has 0 radical (unpaired) electrons. The van der Waals surface area contributed by atoms with Crippen molar-refractivity contribution in [1.82, 2.24) is 4.98 Å². The minimum Gasteiger partial charge on any atom is -0.495 e. The smallest absolute Gasteiger partial charge is 0.275 e. The van der Waals surface area contributed by atoms with E-state index >= 15 is 0 Å². The largest absolute Gasteiger partial charge is 0.495 e. The first kappa shape index (κ1) is 18.4. The summed E-state index contributed by atoms with van der Waals surface area (Å²) in [5.74, 6) is -0.0884. The van der Waals surface area contributed by atoms with E-state index in [9.17, 15) is 9.59 Å². The Labute approximate surface area is 160 Å². The second-order valence-electron chi connectivity index (χ2n) is 5.58. The van der Waals surface area contributed by atoms with Crippen LogP contribution in [0, 0.1) is 0 Å². The molecule has 0 fully saturated rings. The normalized spacial score (nSPS) is 10.1. The summed E-state index contributed by atoms with van der Waals surface area (Å²) in [7, 11) is 1.51. The van der Waals surface area contributed by atoms with Crippen molar-refractivity contribution in [2.45, 2.75) is 6.92 Å². The molecule has 0 spiro atoms. The van der Waals surface area contributed by atoms with Crippen LogP contribution in [0.1, 0.15) is 17.4 Å². The van der Waals surface area contributed by atoms with Crippen LogP contribution in [0.25, 0.3) is 0 Å². The summed E-state index contributed by atoms with van der Waals surface area (Å²) in [4.78, 5) is 28.1. The lowest BCUT2D eigenvalue weighted by Gasteiger charge is -2.11. The molecule has 0 saturated heterocycles. The van der Waals surface area contributed by atoms with E-state index in [1.807, 2.05) is 30.3 Å². The van der Waals surface area contributed by atoms with Crippen molar-refractivity contribution in [2.75, 3.05) is 23.1 Å². The van der Waals surface area contributed by atoms with Gasteiger partial charge in [0.2, 0.25) is 5.91 Å². The Balaban J connectivity index is 1.74. The van der Waals surface area contributed by atoms with Crippen LogP contribution in [0.15, 0.2) is 53.9 Å². The molecule has 0 bridgehead atoms. The number of aromatic nitrogens is 1. The number of carbonyl (C=O) groups is 2. The molecule has 27 heavy (non-hydrogen) atoms. The van der Waals surface area contributed by atoms with Crippen molar-refractivity contribution in [3.63, 3.8) is 0 Å². The van der Waals surface area contributed by atoms with E-state index in [1.165, 1.54) is 25.4 Å². The van der Waals surface area contributed by atoms with Gasteiger partial charge in [0.15, 0.2) is 5.13 Å². The Morgan fingerprint density at radius 3 is 2.52 bits per heavy atom. The first-order valence-corrected chi connectivity index (χ1v) is 8.97. The first-order valence-electron chi connectivity index (χ1n) is 8.10. The highest BCUT2D eigenvalue weighted by atomic mass is 32.1. The first-order chi connectivity index (χ1) is 13.0. The number of hydrogen-bond donors (Lipinski definition) is 3. The van der Waals surface area contributed by atoms with Crippen LogP contribution in [-0.2, 0) is 4.79 Å². The van der Waals surface area contributed by atoms with E-state index in [0.29, 0.717) is 22.3 Å². The predicted molar refractivity (Wildman–Crippen MR) is 107 cm³/mol. The molecule has 0 unspecified atom stereocenters. The molecule has 0 aliphatic carbocycles. The highest BCUT2D eigenvalue weighted by molar-refractivity contribution is 7.14. The van der Waals surface area contributed by atoms with Crippen LogP contribution in [0.4, 0.5) is 22.2 Å². The maximum atomic E-state index is 12.5. The van der Waals surface area contributed by atoms with Gasteiger partial charge in [-0.3, -0.25) is 9.59 Å². The summed E-state index contributed by atoms with van der Waals surface area (Å²) in [6.07, 6.45) is 0. The number of benzene rings is 2. The van der Waals surface area contributed by atoms with Crippen molar-refractivity contribution in [3.8, 4) is 5.75 Å². The van der Waals surface area contributed by atoms with E-state index in [0.717, 1.165) is 5.69 Å². The molecular formula is C19H18N4O3S. The average molecular weight is 382 g/mol. The van der Waals surface area contributed by atoms with Crippen molar-refractivity contribution < 1.29 is 14.3 Å². The van der Waals surface area contributed by atoms with Gasteiger partial charge in [-0.1, -0.05) is 18.2 Å². The Bertz CT molecular complexity index is 957. The Morgan fingerprint density at radius 2 is 1.81 bits per heavy atom. The molecule has 0 aliphatic heterocycles. The predicted octanol–water partition coefficient (Wildman–Crippen LogP) is 4.11. The molecule has 3 aromatic rings. The van der Waals surface area contributed by atoms with Crippen LogP contribution in [0.2, 0.25) is 0 Å². The Kier molecular flexibility index (Phi) is 5.68. The number of anilines is 4. The Hall–Kier alpha value is -3.39. The lowest BCUT2D eigenvalue weighted by Crippen LogP contribution is -2.14. The van der Waals surface area contributed by atoms with E-state index in [2.05, 4.69) is 20.9 Å². The standard InChI is InChI=1S/C19H18N4O3S/c1-12(24)20-14-8-9-17(26-2)15(10-14)22-18(25)16-11-27-19(23-16)21-13-6-4-3-5-7-13/h3-11H,1-2H3,(H,20,24)(H,21,23)(H,22,25). The second-order valence-corrected chi connectivity index (χ2v) is 6.44. The van der Waals surface area contributed by atoms with Crippen LogP contribution in [0.5, 0.6) is 5.75 Å². The van der Waals surface area contributed by atoms with Gasteiger partial charge in [0.05, 0.1) is 12.8 Å². The third kappa shape index (κ3) is 4.83. The fourth-order valence-corrected chi connectivity index (χ4v) is 3.06. The number of carbonyl (C=O) groups excluding carboxylic acids is 2. The molecule has 0 saturated carbocycles. The number of rotatable bonds is 6. The summed E-state index contributed by atoms with van der Waals surface area (Å²) in [6.45, 7) is 1.42. The molecule has 3 rings (SSSR count). The monoisotopic (exact) mass is 382 g/mol. The fraction of sp³-hybridized carbons (Fsp3) is 0.105. The molecule has 2 aromatic carbocycles. The fourth-order valence-electron chi connectivity index (χ4n) is 2.35. The third-order valence-corrected chi connectivity index (χ3v) is 4.29. The maximum absolute atomic E-state index is 12.5. The van der Waals surface area contributed by atoms with Gasteiger partial charge in [-0.05, 0) is 30.3 Å². The molecule has 0 aliphatic rings. The number of ether oxygens (including phenoxy) is 1. The van der Waals surface area contributed by atoms with Gasteiger partial charge in [-0.15, -0.1) is 11.3 Å². The SMILES string of the molecule is COc1ccc(NC(C)=O)cc1NC(=O)c1csc(Nc2ccccc2)n1. The van der Waals surface area contributed by atoms with Crippen molar-refractivity contribution in [3.05, 3.63) is 59.6 Å². The van der Waals surface area contributed by atoms with E-state index < -0.39 is 0 Å². The van der Waals surface area contributed by atoms with Crippen molar-refractivity contribution in [2.24, 2.45) is 0 Å². The zero-order valence-electron chi connectivity index (χ0n) is 14.8. The van der Waals surface area contributed by atoms with Crippen molar-refractivity contribution >= 4 is 45.3 Å². The number of para-hydroxylation sites is 1. The molecule has 2 amide bonds. The summed E-state index contributed by atoms with van der Waals surface area (Å²) >= 11 is 1.33. The number of thiazole rings is 1. The van der Waals surface area contributed by atoms with Gasteiger partial charge in [0.25, 0.3) is 5.91 Å². The average Bonchev–Trinajstić information content (AvgIpc) is 3.11. The van der Waals surface area contributed by atoms with Crippen molar-refractivity contribution in [1.29, 1.82) is 0 Å². The Morgan fingerprint density at radius 1 is 1.04 bits per heavy atom. The maximum Gasteiger partial charge on any atom is 0.275 e. The summed E-state index contributed by atoms with van der Waals surface area (Å²) in [6, 6.07) is 14.6. The molecule has 7 nitrogen and oxygen atoms in total. The third-order valence-electron chi connectivity index (χ3n) is 3.53. The zero-order chi connectivity index (χ0) is 19.2. The van der Waals surface area contributed by atoms with Gasteiger partial charge in [-0.25, -0.2) is 4.98 Å². The molecule has 0 atom stereocenters. The summed E-state index contributed by atoms with van der Waals surface area (Å²) in [5, 5.41) is 10.9. The van der Waals surface area contributed by atoms with E-state index in [4.69, 9.17) is 4.74 Å². The van der Waals surface area contributed by atoms with Gasteiger partial charge < -0.3 is 20.7 Å². The van der Waals surface area contributed by atoms with E-state index in [1.54, 1.807) is 23.6 Å². The zero-order valence-corrected chi connectivity index (χ0v) is 15.6. The van der Waals surface area contributed by atoms with Gasteiger partial charge in [0, 0.05) is 23.7 Å². The molecule has 3 N–H and O–H groups in total. The van der Waals surface area contributed by atoms with Crippen LogP contribution in [0.3, 0.4) is 0 Å². The summed E-state index contributed by atoms with van der Waals surface area (Å²) in [5.41, 5.74) is 2.18. The minimum absolute atomic E-state index is 0.200.